The van der Waals surface area contributed by atoms with Gasteiger partial charge in [0.15, 0.2) is 0 Å². The summed E-state index contributed by atoms with van der Waals surface area (Å²) < 4.78 is 1.44. The molecule has 82 valence electrons. The summed E-state index contributed by atoms with van der Waals surface area (Å²) in [5.41, 5.74) is 0.317. The SMILES string of the molecule is CC(=O)n1c(=O)sc2cc([N+](=O)[O-])ccc21. The van der Waals surface area contributed by atoms with Crippen molar-refractivity contribution in [3.63, 3.8) is 0 Å². The van der Waals surface area contributed by atoms with Gasteiger partial charge < -0.3 is 0 Å². The maximum Gasteiger partial charge on any atom is 0.314 e. The Kier molecular flexibility index (Phi) is 2.31. The van der Waals surface area contributed by atoms with Gasteiger partial charge >= 0.3 is 4.87 Å². The number of fused-ring (bicyclic) bond motifs is 1. The standard InChI is InChI=1S/C9H6N2O4S/c1-5(12)10-7-3-2-6(11(14)15)4-8(7)16-9(10)13/h2-4H,1H3. The van der Waals surface area contributed by atoms with Gasteiger partial charge in [-0.1, -0.05) is 11.3 Å². The predicted molar refractivity (Wildman–Crippen MR) is 59.0 cm³/mol. The van der Waals surface area contributed by atoms with Gasteiger partial charge in [0.05, 0.1) is 15.1 Å². The molecule has 2 aromatic rings. The fourth-order valence-electron chi connectivity index (χ4n) is 1.42. The summed E-state index contributed by atoms with van der Waals surface area (Å²) in [6.07, 6.45) is 0. The van der Waals surface area contributed by atoms with Crippen molar-refractivity contribution in [3.05, 3.63) is 38.0 Å². The topological polar surface area (TPSA) is 82.2 Å². The molecule has 6 nitrogen and oxygen atoms in total. The highest BCUT2D eigenvalue weighted by Crippen LogP contribution is 2.22. The van der Waals surface area contributed by atoms with E-state index in [2.05, 4.69) is 0 Å². The third-order valence-corrected chi connectivity index (χ3v) is 2.99. The minimum Gasteiger partial charge on any atom is -0.274 e. The van der Waals surface area contributed by atoms with E-state index in [1.54, 1.807) is 0 Å². The predicted octanol–water partition coefficient (Wildman–Crippen LogP) is 1.63. The first-order valence-electron chi connectivity index (χ1n) is 4.31. The van der Waals surface area contributed by atoms with Gasteiger partial charge in [-0.2, -0.15) is 0 Å². The Morgan fingerprint density at radius 1 is 1.50 bits per heavy atom. The second-order valence-electron chi connectivity index (χ2n) is 3.13. The van der Waals surface area contributed by atoms with E-state index in [0.717, 1.165) is 15.9 Å². The summed E-state index contributed by atoms with van der Waals surface area (Å²) in [5.74, 6) is -0.398. The van der Waals surface area contributed by atoms with Crippen molar-refractivity contribution in [2.45, 2.75) is 6.92 Å². The van der Waals surface area contributed by atoms with E-state index >= 15 is 0 Å². The van der Waals surface area contributed by atoms with E-state index < -0.39 is 15.7 Å². The molecule has 0 amide bonds. The fraction of sp³-hybridized carbons (Fsp3) is 0.111. The van der Waals surface area contributed by atoms with Crippen molar-refractivity contribution in [1.82, 2.24) is 4.57 Å². The summed E-state index contributed by atoms with van der Waals surface area (Å²) >= 11 is 0.821. The van der Waals surface area contributed by atoms with Gasteiger partial charge in [0.2, 0.25) is 5.91 Å². The van der Waals surface area contributed by atoms with Gasteiger partial charge in [-0.25, -0.2) is 4.57 Å². The van der Waals surface area contributed by atoms with Crippen molar-refractivity contribution in [1.29, 1.82) is 0 Å². The van der Waals surface area contributed by atoms with E-state index in [1.165, 1.54) is 25.1 Å². The van der Waals surface area contributed by atoms with Crippen LogP contribution >= 0.6 is 11.3 Å². The van der Waals surface area contributed by atoms with Gasteiger partial charge in [0.25, 0.3) is 5.69 Å². The highest BCUT2D eigenvalue weighted by Gasteiger charge is 2.14. The Bertz CT molecular complexity index is 655. The second-order valence-corrected chi connectivity index (χ2v) is 4.12. The number of thiazole rings is 1. The zero-order chi connectivity index (χ0) is 11.9. The van der Waals surface area contributed by atoms with Crippen LogP contribution in [-0.2, 0) is 0 Å². The fourth-order valence-corrected chi connectivity index (χ4v) is 2.37. The molecule has 1 heterocycles. The Hall–Kier alpha value is -2.02. The molecule has 0 saturated heterocycles. The molecule has 0 aliphatic carbocycles. The van der Waals surface area contributed by atoms with E-state index in [9.17, 15) is 19.7 Å². The molecular formula is C9H6N2O4S. The van der Waals surface area contributed by atoms with E-state index in [1.807, 2.05) is 0 Å². The van der Waals surface area contributed by atoms with Crippen LogP contribution in [-0.4, -0.2) is 15.4 Å². The van der Waals surface area contributed by atoms with Crippen LogP contribution in [0, 0.1) is 10.1 Å². The molecule has 0 fully saturated rings. The Morgan fingerprint density at radius 3 is 2.75 bits per heavy atom. The first kappa shape index (κ1) is 10.5. The van der Waals surface area contributed by atoms with Gasteiger partial charge in [0.1, 0.15) is 0 Å². The number of benzene rings is 1. The lowest BCUT2D eigenvalue weighted by Gasteiger charge is -1.96. The summed E-state index contributed by atoms with van der Waals surface area (Å²) in [6, 6.07) is 3.97. The number of aromatic nitrogens is 1. The molecule has 2 rings (SSSR count). The lowest BCUT2D eigenvalue weighted by molar-refractivity contribution is -0.384. The van der Waals surface area contributed by atoms with Gasteiger partial charge in [-0.05, 0) is 6.07 Å². The smallest absolute Gasteiger partial charge is 0.274 e. The molecule has 1 aromatic heterocycles. The molecule has 0 aliphatic rings. The van der Waals surface area contributed by atoms with Crippen LogP contribution in [0.3, 0.4) is 0 Å². The van der Waals surface area contributed by atoms with Crippen molar-refractivity contribution >= 4 is 33.1 Å². The maximum absolute atomic E-state index is 11.5. The minimum atomic E-state index is -0.540. The Morgan fingerprint density at radius 2 is 2.19 bits per heavy atom. The normalized spacial score (nSPS) is 10.6. The monoisotopic (exact) mass is 238 g/mol. The van der Waals surface area contributed by atoms with E-state index in [4.69, 9.17) is 0 Å². The molecule has 7 heteroatoms. The molecule has 0 unspecified atom stereocenters. The van der Waals surface area contributed by atoms with Gasteiger partial charge in [-0.15, -0.1) is 0 Å². The second kappa shape index (κ2) is 3.53. The van der Waals surface area contributed by atoms with E-state index in [0.29, 0.717) is 10.2 Å². The van der Waals surface area contributed by atoms with Gasteiger partial charge in [-0.3, -0.25) is 19.7 Å². The van der Waals surface area contributed by atoms with Crippen molar-refractivity contribution in [2.24, 2.45) is 0 Å². The minimum absolute atomic E-state index is 0.0931. The summed E-state index contributed by atoms with van der Waals surface area (Å²) in [7, 11) is 0. The average molecular weight is 238 g/mol. The van der Waals surface area contributed by atoms with Crippen LogP contribution < -0.4 is 4.87 Å². The Labute approximate surface area is 92.9 Å². The molecule has 0 atom stereocenters. The largest absolute Gasteiger partial charge is 0.314 e. The first-order chi connectivity index (χ1) is 7.50. The highest BCUT2D eigenvalue weighted by molar-refractivity contribution is 7.16. The lowest BCUT2D eigenvalue weighted by Crippen LogP contribution is -2.18. The van der Waals surface area contributed by atoms with E-state index in [-0.39, 0.29) is 5.69 Å². The molecule has 0 spiro atoms. The summed E-state index contributed by atoms with van der Waals surface area (Å²) in [4.78, 5) is 32.2. The first-order valence-corrected chi connectivity index (χ1v) is 5.13. The van der Waals surface area contributed by atoms with Crippen LogP contribution in [0.15, 0.2) is 23.0 Å². The number of hydrogen-bond acceptors (Lipinski definition) is 5. The van der Waals surface area contributed by atoms with Crippen molar-refractivity contribution < 1.29 is 9.72 Å². The number of nitro groups is 1. The average Bonchev–Trinajstić information content (AvgIpc) is 2.51. The van der Waals surface area contributed by atoms with Crippen LogP contribution in [0.1, 0.15) is 11.7 Å². The quantitative estimate of drug-likeness (QED) is 0.558. The number of nitro benzene ring substituents is 1. The van der Waals surface area contributed by atoms with Crippen LogP contribution in [0.2, 0.25) is 0 Å². The zero-order valence-electron chi connectivity index (χ0n) is 8.17. The zero-order valence-corrected chi connectivity index (χ0v) is 8.98. The van der Waals surface area contributed by atoms with Crippen molar-refractivity contribution in [3.8, 4) is 0 Å². The molecular weight excluding hydrogens is 232 g/mol. The van der Waals surface area contributed by atoms with Crippen LogP contribution in [0.5, 0.6) is 0 Å². The number of non-ortho nitro benzene ring substituents is 1. The number of carbonyl (C=O) groups excluding carboxylic acids is 1. The molecule has 16 heavy (non-hydrogen) atoms. The molecule has 0 bridgehead atoms. The van der Waals surface area contributed by atoms with Gasteiger partial charge in [0, 0.05) is 19.1 Å². The van der Waals surface area contributed by atoms with Crippen LogP contribution in [0.25, 0.3) is 10.2 Å². The highest BCUT2D eigenvalue weighted by atomic mass is 32.1. The number of nitrogens with zero attached hydrogens (tertiary/aromatic N) is 2. The number of rotatable bonds is 1. The molecule has 0 radical (unpaired) electrons. The van der Waals surface area contributed by atoms with Crippen LogP contribution in [0.4, 0.5) is 5.69 Å². The molecule has 0 aliphatic heterocycles. The Balaban J connectivity index is 2.80. The number of carbonyl (C=O) groups is 1. The van der Waals surface area contributed by atoms with Crippen molar-refractivity contribution in [2.75, 3.05) is 0 Å². The summed E-state index contributed by atoms with van der Waals surface area (Å²) in [5, 5.41) is 10.5. The third kappa shape index (κ3) is 1.50. The number of hydrogen-bond donors (Lipinski definition) is 0. The summed E-state index contributed by atoms with van der Waals surface area (Å²) in [6.45, 7) is 1.27. The third-order valence-electron chi connectivity index (χ3n) is 2.09. The molecule has 0 N–H and O–H groups in total. The molecule has 0 saturated carbocycles. The molecule has 1 aromatic carbocycles. The maximum atomic E-state index is 11.5. The lowest BCUT2D eigenvalue weighted by atomic mass is 10.3.